The minimum Gasteiger partial charge on any atom is -0.445 e. The number of hydrogen-bond donors (Lipinski definition) is 1. The van der Waals surface area contributed by atoms with Crippen LogP contribution >= 0.6 is 15.9 Å². The van der Waals surface area contributed by atoms with Gasteiger partial charge in [0.2, 0.25) is 0 Å². The van der Waals surface area contributed by atoms with Crippen LogP contribution in [0.5, 0.6) is 0 Å². The molecule has 2 N–H and O–H groups in total. The molecule has 0 fully saturated rings. The van der Waals surface area contributed by atoms with Crippen LogP contribution < -0.4 is 5.73 Å². The molecule has 1 amide bonds. The highest BCUT2D eigenvalue weighted by molar-refractivity contribution is 9.10. The van der Waals surface area contributed by atoms with Gasteiger partial charge in [0.25, 0.3) is 0 Å². The molecular weight excluding hydrogens is 322 g/mol. The fourth-order valence-electron chi connectivity index (χ4n) is 2.69. The van der Waals surface area contributed by atoms with Gasteiger partial charge in [-0.25, -0.2) is 4.79 Å². The number of carbonyl (C=O) groups is 1. The van der Waals surface area contributed by atoms with Gasteiger partial charge in [0.1, 0.15) is 6.10 Å². The van der Waals surface area contributed by atoms with Crippen molar-refractivity contribution in [2.24, 2.45) is 11.1 Å². The second-order valence-electron chi connectivity index (χ2n) is 6.15. The third-order valence-electron chi connectivity index (χ3n) is 3.56. The number of benzene rings is 1. The van der Waals surface area contributed by atoms with Gasteiger partial charge in [0.15, 0.2) is 0 Å². The Hall–Kier alpha value is -1.07. The first-order valence-electron chi connectivity index (χ1n) is 6.62. The van der Waals surface area contributed by atoms with Gasteiger partial charge < -0.3 is 15.2 Å². The predicted octanol–water partition coefficient (Wildman–Crippen LogP) is 3.57. The van der Waals surface area contributed by atoms with Gasteiger partial charge in [-0.1, -0.05) is 48.8 Å². The Balaban J connectivity index is 2.41. The van der Waals surface area contributed by atoms with Crippen LogP contribution in [0.4, 0.5) is 4.79 Å². The summed E-state index contributed by atoms with van der Waals surface area (Å²) in [6, 6.07) is 6.05. The highest BCUT2D eigenvalue weighted by Gasteiger charge is 2.39. The van der Waals surface area contributed by atoms with Crippen molar-refractivity contribution in [3.63, 3.8) is 0 Å². The predicted molar refractivity (Wildman–Crippen MR) is 80.5 cm³/mol. The van der Waals surface area contributed by atoms with Crippen molar-refractivity contribution in [3.05, 3.63) is 33.8 Å². The third kappa shape index (κ3) is 3.15. The van der Waals surface area contributed by atoms with E-state index in [0.29, 0.717) is 13.2 Å². The molecule has 0 aliphatic carbocycles. The number of ether oxygens (including phenoxy) is 2. The summed E-state index contributed by atoms with van der Waals surface area (Å²) in [4.78, 5) is 11.2. The first-order chi connectivity index (χ1) is 9.30. The number of amides is 1. The van der Waals surface area contributed by atoms with Crippen molar-refractivity contribution in [2.75, 3.05) is 6.61 Å². The maximum atomic E-state index is 11.2. The molecule has 0 bridgehead atoms. The number of hydrogen-bond acceptors (Lipinski definition) is 3. The van der Waals surface area contributed by atoms with Crippen LogP contribution in [0, 0.1) is 5.41 Å². The summed E-state index contributed by atoms with van der Waals surface area (Å²) in [5.41, 5.74) is 7.29. The van der Waals surface area contributed by atoms with Gasteiger partial charge in [0, 0.05) is 10.4 Å². The lowest BCUT2D eigenvalue weighted by atomic mass is 9.76. The summed E-state index contributed by atoms with van der Waals surface area (Å²) in [6.07, 6.45) is -1.07. The van der Waals surface area contributed by atoms with Crippen molar-refractivity contribution >= 4 is 22.0 Å². The van der Waals surface area contributed by atoms with E-state index in [-0.39, 0.29) is 17.4 Å². The lowest BCUT2D eigenvalue weighted by Crippen LogP contribution is -2.41. The highest BCUT2D eigenvalue weighted by atomic mass is 79.9. The summed E-state index contributed by atoms with van der Waals surface area (Å²) < 4.78 is 12.1. The molecule has 20 heavy (non-hydrogen) atoms. The van der Waals surface area contributed by atoms with E-state index >= 15 is 0 Å². The van der Waals surface area contributed by atoms with Crippen molar-refractivity contribution in [2.45, 2.75) is 39.4 Å². The van der Waals surface area contributed by atoms with Crippen molar-refractivity contribution in [1.29, 1.82) is 0 Å². The maximum Gasteiger partial charge on any atom is 0.404 e. The second kappa shape index (κ2) is 5.74. The minimum absolute atomic E-state index is 0.0104. The average Bonchev–Trinajstić information content (AvgIpc) is 2.35. The van der Waals surface area contributed by atoms with E-state index in [9.17, 15) is 4.79 Å². The number of halogens is 1. The molecule has 1 heterocycles. The van der Waals surface area contributed by atoms with Crippen LogP contribution in [0.3, 0.4) is 0 Å². The monoisotopic (exact) mass is 341 g/mol. The molecule has 1 aromatic carbocycles. The molecule has 0 saturated carbocycles. The molecular formula is C15H20BrNO3. The molecule has 5 heteroatoms. The van der Waals surface area contributed by atoms with E-state index in [1.807, 2.05) is 32.9 Å². The Morgan fingerprint density at radius 1 is 1.50 bits per heavy atom. The maximum absolute atomic E-state index is 11.2. The summed E-state index contributed by atoms with van der Waals surface area (Å²) in [6.45, 7) is 7.20. The van der Waals surface area contributed by atoms with Gasteiger partial charge >= 0.3 is 6.09 Å². The van der Waals surface area contributed by atoms with E-state index in [4.69, 9.17) is 15.2 Å². The van der Waals surface area contributed by atoms with Crippen molar-refractivity contribution in [3.8, 4) is 0 Å². The molecule has 1 aliphatic heterocycles. The smallest absolute Gasteiger partial charge is 0.404 e. The van der Waals surface area contributed by atoms with E-state index in [1.165, 1.54) is 0 Å². The third-order valence-corrected chi connectivity index (χ3v) is 4.30. The summed E-state index contributed by atoms with van der Waals surface area (Å²) in [5.74, 6) is -0.0104. The second-order valence-corrected chi connectivity index (χ2v) is 7.01. The van der Waals surface area contributed by atoms with Crippen LogP contribution in [0.1, 0.15) is 37.8 Å². The lowest BCUT2D eigenvalue weighted by Gasteiger charge is -2.38. The van der Waals surface area contributed by atoms with Crippen LogP contribution in [0.2, 0.25) is 0 Å². The first-order valence-corrected chi connectivity index (χ1v) is 7.41. The topological polar surface area (TPSA) is 61.5 Å². The molecule has 110 valence electrons. The van der Waals surface area contributed by atoms with Gasteiger partial charge in [-0.3, -0.25) is 0 Å². The zero-order chi connectivity index (χ0) is 14.9. The van der Waals surface area contributed by atoms with E-state index in [1.54, 1.807) is 0 Å². The number of carbonyl (C=O) groups excluding carboxylic acids is 1. The summed E-state index contributed by atoms with van der Waals surface area (Å²) >= 11 is 3.55. The van der Waals surface area contributed by atoms with Gasteiger partial charge in [-0.05, 0) is 22.6 Å². The lowest BCUT2D eigenvalue weighted by molar-refractivity contribution is -0.0203. The molecule has 1 aromatic rings. The standard InChI is InChI=1S/C15H20BrNO3/c1-15(2,3)13(20-14(17)18)11-8-19-7-10-9(11)5-4-6-12(10)16/h4-6,11,13H,7-8H2,1-3H3,(H2,17,18). The number of primary amides is 1. The van der Waals surface area contributed by atoms with E-state index < -0.39 is 6.09 Å². The van der Waals surface area contributed by atoms with Crippen LogP contribution in [-0.2, 0) is 16.1 Å². The minimum atomic E-state index is -0.743. The molecule has 1 aliphatic rings. The zero-order valence-corrected chi connectivity index (χ0v) is 13.6. The Morgan fingerprint density at radius 3 is 2.80 bits per heavy atom. The summed E-state index contributed by atoms with van der Waals surface area (Å²) in [5, 5.41) is 0. The molecule has 0 spiro atoms. The molecule has 2 rings (SSSR count). The van der Waals surface area contributed by atoms with Gasteiger partial charge in [-0.2, -0.15) is 0 Å². The quantitative estimate of drug-likeness (QED) is 0.894. The van der Waals surface area contributed by atoms with Crippen LogP contribution in [0.15, 0.2) is 22.7 Å². The average molecular weight is 342 g/mol. The highest BCUT2D eigenvalue weighted by Crippen LogP contribution is 2.40. The molecule has 0 radical (unpaired) electrons. The van der Waals surface area contributed by atoms with Gasteiger partial charge in [0.05, 0.1) is 13.2 Å². The number of rotatable bonds is 2. The normalized spacial score (nSPS) is 20.1. The molecule has 0 saturated heterocycles. The largest absolute Gasteiger partial charge is 0.445 e. The van der Waals surface area contributed by atoms with Gasteiger partial charge in [-0.15, -0.1) is 0 Å². The molecule has 4 nitrogen and oxygen atoms in total. The Bertz CT molecular complexity index is 510. The fourth-order valence-corrected chi connectivity index (χ4v) is 3.19. The van der Waals surface area contributed by atoms with Crippen molar-refractivity contribution in [1.82, 2.24) is 0 Å². The zero-order valence-electron chi connectivity index (χ0n) is 12.0. The van der Waals surface area contributed by atoms with Crippen molar-refractivity contribution < 1.29 is 14.3 Å². The number of nitrogens with two attached hydrogens (primary N) is 1. The molecule has 2 atom stereocenters. The Kier molecular flexibility index (Phi) is 4.39. The van der Waals surface area contributed by atoms with E-state index in [2.05, 4.69) is 22.0 Å². The molecule has 2 unspecified atom stereocenters. The van der Waals surface area contributed by atoms with Crippen LogP contribution in [-0.4, -0.2) is 18.8 Å². The Morgan fingerprint density at radius 2 is 2.20 bits per heavy atom. The summed E-state index contributed by atoms with van der Waals surface area (Å²) in [7, 11) is 0. The van der Waals surface area contributed by atoms with E-state index in [0.717, 1.165) is 15.6 Å². The Labute approximate surface area is 127 Å². The number of fused-ring (bicyclic) bond motifs is 1. The SMILES string of the molecule is CC(C)(C)C(OC(N)=O)C1COCc2c(Br)cccc21. The fraction of sp³-hybridized carbons (Fsp3) is 0.533. The first kappa shape index (κ1) is 15.3. The van der Waals surface area contributed by atoms with Crippen LogP contribution in [0.25, 0.3) is 0 Å². The molecule has 0 aromatic heterocycles.